The van der Waals surface area contributed by atoms with Gasteiger partial charge >= 0.3 is 0 Å². The molecule has 4 heteroatoms. The highest BCUT2D eigenvalue weighted by molar-refractivity contribution is 9.11. The van der Waals surface area contributed by atoms with Crippen LogP contribution in [0.1, 0.15) is 16.1 Å². The van der Waals surface area contributed by atoms with E-state index < -0.39 is 0 Å². The molecule has 0 spiro atoms. The van der Waals surface area contributed by atoms with Crippen LogP contribution in [-0.2, 0) is 6.42 Å². The maximum atomic E-state index is 12.5. The van der Waals surface area contributed by atoms with E-state index in [-0.39, 0.29) is 5.78 Å². The summed E-state index contributed by atoms with van der Waals surface area (Å²) in [5, 5.41) is 2.26. The summed E-state index contributed by atoms with van der Waals surface area (Å²) >= 11 is 6.74. The number of halogens is 2. The number of hydrogen-bond acceptors (Lipinski definition) is 2. The molecule has 21 heavy (non-hydrogen) atoms. The highest BCUT2D eigenvalue weighted by Crippen LogP contribution is 2.23. The number of ketones is 1. The quantitative estimate of drug-likeness (QED) is 0.562. The Balaban J connectivity index is 1.97. The van der Waals surface area contributed by atoms with Crippen LogP contribution in [0.5, 0.6) is 0 Å². The van der Waals surface area contributed by atoms with Crippen molar-refractivity contribution in [3.8, 4) is 0 Å². The van der Waals surface area contributed by atoms with Gasteiger partial charge in [-0.15, -0.1) is 0 Å². The molecule has 0 bridgehead atoms. The predicted molar refractivity (Wildman–Crippen MR) is 91.6 cm³/mol. The fourth-order valence-corrected chi connectivity index (χ4v) is 3.53. The maximum absolute atomic E-state index is 12.5. The van der Waals surface area contributed by atoms with E-state index in [4.69, 9.17) is 0 Å². The summed E-state index contributed by atoms with van der Waals surface area (Å²) in [4.78, 5) is 16.7. The van der Waals surface area contributed by atoms with Gasteiger partial charge in [0.1, 0.15) is 5.69 Å². The number of carbonyl (C=O) groups is 1. The van der Waals surface area contributed by atoms with Crippen LogP contribution in [0.3, 0.4) is 0 Å². The summed E-state index contributed by atoms with van der Waals surface area (Å²) in [5.74, 6) is 0.00530. The minimum atomic E-state index is 0.00530. The first-order valence-corrected chi connectivity index (χ1v) is 8.04. The third-order valence-electron chi connectivity index (χ3n) is 3.30. The number of benzene rings is 2. The van der Waals surface area contributed by atoms with E-state index >= 15 is 0 Å². The zero-order chi connectivity index (χ0) is 14.8. The molecule has 0 fully saturated rings. The molecule has 0 amide bonds. The molecule has 0 aliphatic carbocycles. The first-order chi connectivity index (χ1) is 10.1. The van der Waals surface area contributed by atoms with Crippen molar-refractivity contribution < 1.29 is 4.79 Å². The Morgan fingerprint density at radius 1 is 1.05 bits per heavy atom. The summed E-state index contributed by atoms with van der Waals surface area (Å²) < 4.78 is 1.55. The van der Waals surface area contributed by atoms with Crippen LogP contribution in [0.2, 0.25) is 0 Å². The molecule has 3 rings (SSSR count). The van der Waals surface area contributed by atoms with Crippen LogP contribution in [-0.4, -0.2) is 10.8 Å². The van der Waals surface area contributed by atoms with E-state index in [1.54, 1.807) is 6.20 Å². The molecule has 0 radical (unpaired) electrons. The lowest BCUT2D eigenvalue weighted by Gasteiger charge is -2.07. The first kappa shape index (κ1) is 14.4. The van der Waals surface area contributed by atoms with Gasteiger partial charge in [-0.25, -0.2) is 0 Å². The van der Waals surface area contributed by atoms with Gasteiger partial charge in [0.2, 0.25) is 0 Å². The minimum Gasteiger partial charge on any atom is -0.292 e. The molecule has 0 atom stereocenters. The Labute approximate surface area is 139 Å². The van der Waals surface area contributed by atoms with Gasteiger partial charge < -0.3 is 0 Å². The number of aromatic nitrogens is 1. The predicted octanol–water partition coefficient (Wildman–Crippen LogP) is 5.19. The lowest BCUT2D eigenvalue weighted by Crippen LogP contribution is -2.07. The lowest BCUT2D eigenvalue weighted by molar-refractivity contribution is 0.0987. The summed E-state index contributed by atoms with van der Waals surface area (Å²) in [6, 6.07) is 16.0. The second-order valence-electron chi connectivity index (χ2n) is 4.72. The molecule has 104 valence electrons. The second-order valence-corrected chi connectivity index (χ2v) is 6.49. The monoisotopic (exact) mass is 403 g/mol. The molecular formula is C17H11Br2NO. The van der Waals surface area contributed by atoms with Crippen molar-refractivity contribution in [2.45, 2.75) is 6.42 Å². The number of hydrogen-bond donors (Lipinski definition) is 0. The van der Waals surface area contributed by atoms with Gasteiger partial charge in [0, 0.05) is 21.6 Å². The Bertz CT molecular complexity index is 825. The first-order valence-electron chi connectivity index (χ1n) is 6.46. The number of nitrogens with zero attached hydrogens (tertiary/aromatic N) is 1. The van der Waals surface area contributed by atoms with E-state index in [1.807, 2.05) is 36.4 Å². The van der Waals surface area contributed by atoms with Crippen molar-refractivity contribution in [3.05, 3.63) is 74.9 Å². The molecule has 0 saturated carbocycles. The van der Waals surface area contributed by atoms with E-state index in [9.17, 15) is 4.79 Å². The SMILES string of the molecule is O=C(Cc1cccc2ccccc12)c1ncc(Br)cc1Br. The summed E-state index contributed by atoms with van der Waals surface area (Å²) in [6.07, 6.45) is 1.98. The molecule has 0 aliphatic rings. The van der Waals surface area contributed by atoms with Gasteiger partial charge in [0.25, 0.3) is 0 Å². The van der Waals surface area contributed by atoms with Crippen molar-refractivity contribution in [2.24, 2.45) is 0 Å². The molecule has 0 unspecified atom stereocenters. The number of rotatable bonds is 3. The van der Waals surface area contributed by atoms with Gasteiger partial charge in [0.15, 0.2) is 5.78 Å². The Morgan fingerprint density at radius 2 is 1.81 bits per heavy atom. The molecule has 2 nitrogen and oxygen atoms in total. The van der Waals surface area contributed by atoms with Crippen LogP contribution in [0, 0.1) is 0 Å². The van der Waals surface area contributed by atoms with Crippen LogP contribution >= 0.6 is 31.9 Å². The zero-order valence-electron chi connectivity index (χ0n) is 11.0. The molecule has 3 aromatic rings. The van der Waals surface area contributed by atoms with E-state index in [2.05, 4.69) is 49.0 Å². The van der Waals surface area contributed by atoms with Gasteiger partial charge in [-0.1, -0.05) is 42.5 Å². The molecule has 0 N–H and O–H groups in total. The average Bonchev–Trinajstić information content (AvgIpc) is 2.47. The molecule has 0 aliphatic heterocycles. The molecule has 1 aromatic heterocycles. The topological polar surface area (TPSA) is 30.0 Å². The van der Waals surface area contributed by atoms with Crippen molar-refractivity contribution in [3.63, 3.8) is 0 Å². The average molecular weight is 405 g/mol. The Morgan fingerprint density at radius 3 is 2.62 bits per heavy atom. The number of fused-ring (bicyclic) bond motifs is 1. The van der Waals surface area contributed by atoms with Crippen LogP contribution in [0.25, 0.3) is 10.8 Å². The van der Waals surface area contributed by atoms with Crippen molar-refractivity contribution in [2.75, 3.05) is 0 Å². The van der Waals surface area contributed by atoms with E-state index in [1.165, 1.54) is 0 Å². The Hall–Kier alpha value is -1.52. The van der Waals surface area contributed by atoms with Gasteiger partial charge in [-0.05, 0) is 54.3 Å². The van der Waals surface area contributed by atoms with E-state index in [0.29, 0.717) is 16.6 Å². The minimum absolute atomic E-state index is 0.00530. The van der Waals surface area contributed by atoms with Crippen LogP contribution < -0.4 is 0 Å². The zero-order valence-corrected chi connectivity index (χ0v) is 14.2. The van der Waals surface area contributed by atoms with Gasteiger partial charge in [-0.3, -0.25) is 9.78 Å². The third kappa shape index (κ3) is 3.06. The second kappa shape index (κ2) is 6.08. The highest BCUT2D eigenvalue weighted by Gasteiger charge is 2.14. The highest BCUT2D eigenvalue weighted by atomic mass is 79.9. The number of carbonyl (C=O) groups excluding carboxylic acids is 1. The molecular weight excluding hydrogens is 394 g/mol. The van der Waals surface area contributed by atoms with Gasteiger partial charge in [-0.2, -0.15) is 0 Å². The summed E-state index contributed by atoms with van der Waals surface area (Å²) in [7, 11) is 0. The molecule has 0 saturated heterocycles. The van der Waals surface area contributed by atoms with E-state index in [0.717, 1.165) is 20.8 Å². The summed E-state index contributed by atoms with van der Waals surface area (Å²) in [6.45, 7) is 0. The Kier molecular flexibility index (Phi) is 4.17. The lowest BCUT2D eigenvalue weighted by atomic mass is 9.99. The van der Waals surface area contributed by atoms with Crippen molar-refractivity contribution in [1.82, 2.24) is 4.98 Å². The largest absolute Gasteiger partial charge is 0.292 e. The van der Waals surface area contributed by atoms with Gasteiger partial charge in [0.05, 0.1) is 0 Å². The smallest absolute Gasteiger partial charge is 0.186 e. The standard InChI is InChI=1S/C17H11Br2NO/c18-13-9-15(19)17(20-10-13)16(21)8-12-6-3-5-11-4-1-2-7-14(11)12/h1-7,9-10H,8H2. The van der Waals surface area contributed by atoms with Crippen molar-refractivity contribution in [1.29, 1.82) is 0 Å². The van der Waals surface area contributed by atoms with Crippen LogP contribution in [0.4, 0.5) is 0 Å². The number of pyridine rings is 1. The van der Waals surface area contributed by atoms with Crippen LogP contribution in [0.15, 0.2) is 63.7 Å². The maximum Gasteiger partial charge on any atom is 0.186 e. The normalized spacial score (nSPS) is 10.8. The number of Topliss-reactive ketones (excluding diaryl/α,β-unsaturated/α-hetero) is 1. The summed E-state index contributed by atoms with van der Waals surface area (Å²) in [5.41, 5.74) is 1.49. The van der Waals surface area contributed by atoms with Crippen molar-refractivity contribution >= 4 is 48.4 Å². The molecule has 2 aromatic carbocycles. The fraction of sp³-hybridized carbons (Fsp3) is 0.0588. The molecule has 1 heterocycles. The fourth-order valence-electron chi connectivity index (χ4n) is 2.32. The third-order valence-corrected chi connectivity index (χ3v) is 4.34.